The SMILES string of the molecule is CC(Cc1ccccc1)[C@@H](C(=O)Nc1nc(C=O)cs1)N(C=O)C(=O)NCc1ccc(O)cc1. The quantitative estimate of drug-likeness (QED) is 0.382. The lowest BCUT2D eigenvalue weighted by Crippen LogP contribution is -2.53. The molecule has 1 aromatic heterocycles. The number of rotatable bonds is 10. The van der Waals surface area contributed by atoms with Gasteiger partial charge in [0.2, 0.25) is 12.3 Å². The number of aldehydes is 1. The van der Waals surface area contributed by atoms with E-state index in [1.807, 2.05) is 30.3 Å². The molecule has 4 amide bonds. The van der Waals surface area contributed by atoms with Crippen LogP contribution in [-0.4, -0.2) is 45.7 Å². The van der Waals surface area contributed by atoms with Gasteiger partial charge in [0.05, 0.1) is 0 Å². The number of urea groups is 1. The van der Waals surface area contributed by atoms with Crippen molar-refractivity contribution in [1.29, 1.82) is 0 Å². The zero-order chi connectivity index (χ0) is 24.5. The number of aromatic nitrogens is 1. The molecule has 1 heterocycles. The Morgan fingerprint density at radius 2 is 1.79 bits per heavy atom. The predicted octanol–water partition coefficient (Wildman–Crippen LogP) is 3.22. The summed E-state index contributed by atoms with van der Waals surface area (Å²) >= 11 is 1.07. The second-order valence-corrected chi connectivity index (χ2v) is 8.49. The minimum Gasteiger partial charge on any atom is -0.508 e. The molecular weight excluding hydrogens is 456 g/mol. The molecule has 176 valence electrons. The maximum atomic E-state index is 13.2. The van der Waals surface area contributed by atoms with Gasteiger partial charge in [0.25, 0.3) is 0 Å². The third kappa shape index (κ3) is 6.48. The Morgan fingerprint density at radius 3 is 2.41 bits per heavy atom. The fourth-order valence-electron chi connectivity index (χ4n) is 3.46. The van der Waals surface area contributed by atoms with Crippen LogP contribution >= 0.6 is 11.3 Å². The van der Waals surface area contributed by atoms with Crippen LogP contribution in [0.2, 0.25) is 0 Å². The second-order valence-electron chi connectivity index (χ2n) is 7.63. The number of anilines is 1. The Hall–Kier alpha value is -4.05. The van der Waals surface area contributed by atoms with Gasteiger partial charge in [0, 0.05) is 11.9 Å². The molecule has 1 unspecified atom stereocenters. The maximum Gasteiger partial charge on any atom is 0.324 e. The highest BCUT2D eigenvalue weighted by Gasteiger charge is 2.35. The van der Waals surface area contributed by atoms with Gasteiger partial charge in [-0.05, 0) is 35.6 Å². The van der Waals surface area contributed by atoms with Crippen LogP contribution in [0.5, 0.6) is 5.75 Å². The van der Waals surface area contributed by atoms with Gasteiger partial charge in [0.1, 0.15) is 17.5 Å². The number of hydrogen-bond acceptors (Lipinski definition) is 7. The topological polar surface area (TPSA) is 129 Å². The summed E-state index contributed by atoms with van der Waals surface area (Å²) in [5.41, 5.74) is 1.83. The number of aromatic hydroxyl groups is 1. The summed E-state index contributed by atoms with van der Waals surface area (Å²) in [5.74, 6) is -0.935. The van der Waals surface area contributed by atoms with Gasteiger partial charge in [-0.25, -0.2) is 9.78 Å². The molecule has 0 fully saturated rings. The number of amides is 4. The fourth-order valence-corrected chi connectivity index (χ4v) is 4.11. The van der Waals surface area contributed by atoms with Crippen molar-refractivity contribution in [1.82, 2.24) is 15.2 Å². The number of hydrogen-bond donors (Lipinski definition) is 3. The molecule has 3 aromatic rings. The molecule has 0 radical (unpaired) electrons. The maximum absolute atomic E-state index is 13.2. The van der Waals surface area contributed by atoms with Gasteiger partial charge >= 0.3 is 6.03 Å². The Morgan fingerprint density at radius 1 is 1.09 bits per heavy atom. The molecule has 10 heteroatoms. The van der Waals surface area contributed by atoms with Crippen LogP contribution in [0.15, 0.2) is 60.0 Å². The van der Waals surface area contributed by atoms with Gasteiger partial charge in [-0.15, -0.1) is 11.3 Å². The number of carbonyl (C=O) groups is 4. The van der Waals surface area contributed by atoms with Crippen molar-refractivity contribution < 1.29 is 24.3 Å². The molecule has 3 rings (SSSR count). The number of thiazole rings is 1. The van der Waals surface area contributed by atoms with E-state index in [1.165, 1.54) is 17.5 Å². The van der Waals surface area contributed by atoms with Crippen molar-refractivity contribution in [2.45, 2.75) is 25.9 Å². The first-order valence-electron chi connectivity index (χ1n) is 10.5. The second kappa shape index (κ2) is 11.7. The highest BCUT2D eigenvalue weighted by atomic mass is 32.1. The van der Waals surface area contributed by atoms with E-state index in [0.717, 1.165) is 21.8 Å². The predicted molar refractivity (Wildman–Crippen MR) is 127 cm³/mol. The van der Waals surface area contributed by atoms with E-state index >= 15 is 0 Å². The number of phenols is 1. The lowest BCUT2D eigenvalue weighted by Gasteiger charge is -2.30. The molecule has 0 bridgehead atoms. The molecule has 34 heavy (non-hydrogen) atoms. The third-order valence-electron chi connectivity index (χ3n) is 5.11. The van der Waals surface area contributed by atoms with E-state index in [2.05, 4.69) is 15.6 Å². The third-order valence-corrected chi connectivity index (χ3v) is 5.88. The Bertz CT molecular complexity index is 1130. The van der Waals surface area contributed by atoms with E-state index in [-0.39, 0.29) is 23.1 Å². The van der Waals surface area contributed by atoms with E-state index in [4.69, 9.17) is 0 Å². The lowest BCUT2D eigenvalue weighted by molar-refractivity contribution is -0.128. The Kier molecular flexibility index (Phi) is 8.47. The zero-order valence-electron chi connectivity index (χ0n) is 18.4. The van der Waals surface area contributed by atoms with Crippen molar-refractivity contribution in [2.75, 3.05) is 5.32 Å². The summed E-state index contributed by atoms with van der Waals surface area (Å²) in [4.78, 5) is 53.9. The molecule has 0 spiro atoms. The van der Waals surface area contributed by atoms with Gasteiger partial charge in [0.15, 0.2) is 11.4 Å². The number of phenolic OH excluding ortho intramolecular Hbond substituents is 1. The molecule has 2 atom stereocenters. The smallest absolute Gasteiger partial charge is 0.324 e. The number of carbonyl (C=O) groups excluding carboxylic acids is 4. The number of nitrogens with zero attached hydrogens (tertiary/aromatic N) is 2. The molecule has 2 aromatic carbocycles. The molecule has 0 aliphatic rings. The van der Waals surface area contributed by atoms with Crippen molar-refractivity contribution >= 4 is 41.1 Å². The van der Waals surface area contributed by atoms with Crippen LogP contribution in [0.4, 0.5) is 9.93 Å². The summed E-state index contributed by atoms with van der Waals surface area (Å²) < 4.78 is 0. The van der Waals surface area contributed by atoms with Crippen LogP contribution in [0.3, 0.4) is 0 Å². The number of imide groups is 1. The van der Waals surface area contributed by atoms with Crippen LogP contribution in [0, 0.1) is 5.92 Å². The summed E-state index contributed by atoms with van der Waals surface area (Å²) in [6.45, 7) is 1.87. The van der Waals surface area contributed by atoms with E-state index in [9.17, 15) is 24.3 Å². The standard InChI is InChI=1S/C24H24N4O5S/c1-16(11-17-5-3-2-4-6-17)21(22(32)27-23-26-19(13-29)14-34-23)28(15-30)24(33)25-12-18-7-9-20(31)10-8-18/h2-10,13-16,21,31H,11-12H2,1H3,(H,25,33)(H,26,27,32)/t16?,21-/m0/s1. The monoisotopic (exact) mass is 480 g/mol. The fraction of sp³-hybridized carbons (Fsp3) is 0.208. The highest BCUT2D eigenvalue weighted by molar-refractivity contribution is 7.14. The summed E-state index contributed by atoms with van der Waals surface area (Å²) in [7, 11) is 0. The van der Waals surface area contributed by atoms with Crippen LogP contribution in [0.25, 0.3) is 0 Å². The first-order chi connectivity index (χ1) is 16.4. The average molecular weight is 481 g/mol. The van der Waals surface area contributed by atoms with Gasteiger partial charge in [-0.2, -0.15) is 0 Å². The highest BCUT2D eigenvalue weighted by Crippen LogP contribution is 2.21. The number of benzene rings is 2. The van der Waals surface area contributed by atoms with Crippen LogP contribution < -0.4 is 10.6 Å². The Labute approximate surface area is 200 Å². The van der Waals surface area contributed by atoms with Crippen molar-refractivity contribution in [2.24, 2.45) is 5.92 Å². The number of nitrogens with one attached hydrogen (secondary N) is 2. The molecular formula is C24H24N4O5S. The van der Waals surface area contributed by atoms with Crippen molar-refractivity contribution in [3.63, 3.8) is 0 Å². The van der Waals surface area contributed by atoms with Crippen LogP contribution in [-0.2, 0) is 22.6 Å². The zero-order valence-corrected chi connectivity index (χ0v) is 19.2. The Balaban J connectivity index is 1.80. The van der Waals surface area contributed by atoms with E-state index < -0.39 is 23.9 Å². The van der Waals surface area contributed by atoms with Gasteiger partial charge in [-0.1, -0.05) is 49.4 Å². The minimum absolute atomic E-state index is 0.0935. The summed E-state index contributed by atoms with van der Waals surface area (Å²) in [6.07, 6.45) is 1.33. The first kappa shape index (κ1) is 24.6. The van der Waals surface area contributed by atoms with Gasteiger partial charge < -0.3 is 15.7 Å². The van der Waals surface area contributed by atoms with Crippen molar-refractivity contribution in [3.05, 3.63) is 76.8 Å². The normalized spacial score (nSPS) is 12.3. The van der Waals surface area contributed by atoms with E-state index in [1.54, 1.807) is 19.1 Å². The summed E-state index contributed by atoms with van der Waals surface area (Å²) in [5, 5.41) is 16.3. The lowest BCUT2D eigenvalue weighted by atomic mass is 9.92. The minimum atomic E-state index is -1.14. The average Bonchev–Trinajstić information content (AvgIpc) is 3.29. The molecule has 3 N–H and O–H groups in total. The molecule has 0 aliphatic heterocycles. The molecule has 0 aliphatic carbocycles. The molecule has 0 saturated carbocycles. The van der Waals surface area contributed by atoms with Crippen LogP contribution in [0.1, 0.15) is 28.5 Å². The molecule has 0 saturated heterocycles. The van der Waals surface area contributed by atoms with Crippen molar-refractivity contribution in [3.8, 4) is 5.75 Å². The first-order valence-corrected chi connectivity index (χ1v) is 11.3. The van der Waals surface area contributed by atoms with Gasteiger partial charge in [-0.3, -0.25) is 19.3 Å². The summed E-state index contributed by atoms with van der Waals surface area (Å²) in [6, 6.07) is 13.8. The van der Waals surface area contributed by atoms with E-state index in [0.29, 0.717) is 24.7 Å². The largest absolute Gasteiger partial charge is 0.508 e. The molecule has 9 nitrogen and oxygen atoms in total.